The van der Waals surface area contributed by atoms with Crippen molar-refractivity contribution in [1.29, 1.82) is 0 Å². The molecular formula is C5H11NO3. The Bertz CT molecular complexity index is 84.2. The first-order valence-electron chi connectivity index (χ1n) is 2.87. The smallest absolute Gasteiger partial charge is 0.0972 e. The Morgan fingerprint density at radius 3 is 2.33 bits per heavy atom. The van der Waals surface area contributed by atoms with Gasteiger partial charge in [-0.05, 0) is 0 Å². The highest BCUT2D eigenvalue weighted by Crippen LogP contribution is 2.08. The van der Waals surface area contributed by atoms with Gasteiger partial charge in [0.2, 0.25) is 0 Å². The zero-order valence-corrected chi connectivity index (χ0v) is 5.13. The Labute approximate surface area is 53.4 Å². The van der Waals surface area contributed by atoms with E-state index in [1.54, 1.807) is 0 Å². The monoisotopic (exact) mass is 133 g/mol. The van der Waals surface area contributed by atoms with E-state index in [1.807, 2.05) is 0 Å². The van der Waals surface area contributed by atoms with Crippen LogP contribution in [-0.2, 0) is 4.74 Å². The quantitative estimate of drug-likeness (QED) is 0.419. The minimum absolute atomic E-state index is 0.0799. The minimum Gasteiger partial charge on any atom is -0.394 e. The zero-order chi connectivity index (χ0) is 6.74. The first-order valence-corrected chi connectivity index (χ1v) is 2.87. The van der Waals surface area contributed by atoms with Crippen LogP contribution in [0.5, 0.6) is 0 Å². The normalized spacial score (nSPS) is 24.7. The average molecular weight is 133 g/mol. The molecule has 0 bridgehead atoms. The number of ether oxygens (including phenoxy) is 1. The van der Waals surface area contributed by atoms with Crippen LogP contribution in [0.25, 0.3) is 0 Å². The summed E-state index contributed by atoms with van der Waals surface area (Å²) in [7, 11) is 0. The van der Waals surface area contributed by atoms with Crippen molar-refractivity contribution in [3.8, 4) is 0 Å². The Kier molecular flexibility index (Phi) is 2.02. The lowest BCUT2D eigenvalue weighted by Crippen LogP contribution is -2.49. The molecule has 3 N–H and O–H groups in total. The van der Waals surface area contributed by atoms with Crippen molar-refractivity contribution < 1.29 is 14.9 Å². The van der Waals surface area contributed by atoms with Gasteiger partial charge in [0.05, 0.1) is 32.1 Å². The van der Waals surface area contributed by atoms with E-state index in [0.717, 1.165) is 0 Å². The van der Waals surface area contributed by atoms with Gasteiger partial charge in [0.1, 0.15) is 0 Å². The predicted molar refractivity (Wildman–Crippen MR) is 30.9 cm³/mol. The average Bonchev–Trinajstić information content (AvgIpc) is 2.36. The maximum absolute atomic E-state index is 8.71. The van der Waals surface area contributed by atoms with Gasteiger partial charge in [-0.25, -0.2) is 0 Å². The Morgan fingerprint density at radius 1 is 1.44 bits per heavy atom. The van der Waals surface area contributed by atoms with E-state index >= 15 is 0 Å². The summed E-state index contributed by atoms with van der Waals surface area (Å²) in [6.45, 7) is 0.647. The molecule has 1 rings (SSSR count). The molecule has 1 fully saturated rings. The molecule has 0 amide bonds. The first-order chi connectivity index (χ1) is 4.33. The van der Waals surface area contributed by atoms with Crippen molar-refractivity contribution in [2.75, 3.05) is 26.6 Å². The van der Waals surface area contributed by atoms with Crippen LogP contribution in [0.15, 0.2) is 0 Å². The van der Waals surface area contributed by atoms with Crippen molar-refractivity contribution in [2.24, 2.45) is 0 Å². The molecule has 1 aliphatic heterocycles. The van der Waals surface area contributed by atoms with Gasteiger partial charge < -0.3 is 14.9 Å². The van der Waals surface area contributed by atoms with Crippen molar-refractivity contribution in [2.45, 2.75) is 5.54 Å². The fraction of sp³-hybridized carbons (Fsp3) is 1.00. The van der Waals surface area contributed by atoms with Gasteiger partial charge in [-0.1, -0.05) is 0 Å². The molecule has 1 heterocycles. The van der Waals surface area contributed by atoms with Crippen LogP contribution in [0.3, 0.4) is 0 Å². The van der Waals surface area contributed by atoms with Gasteiger partial charge in [0.15, 0.2) is 0 Å². The molecule has 0 spiro atoms. The van der Waals surface area contributed by atoms with Gasteiger partial charge in [-0.15, -0.1) is 0 Å². The highest BCUT2D eigenvalue weighted by atomic mass is 16.5. The molecule has 4 nitrogen and oxygen atoms in total. The third kappa shape index (κ3) is 1.21. The van der Waals surface area contributed by atoms with Gasteiger partial charge in [-0.3, -0.25) is 5.32 Å². The van der Waals surface area contributed by atoms with Gasteiger partial charge in [0, 0.05) is 0 Å². The molecule has 0 aromatic heterocycles. The highest BCUT2D eigenvalue weighted by Gasteiger charge is 2.32. The fourth-order valence-electron chi connectivity index (χ4n) is 0.755. The summed E-state index contributed by atoms with van der Waals surface area (Å²) < 4.78 is 4.91. The van der Waals surface area contributed by atoms with Crippen molar-refractivity contribution in [3.05, 3.63) is 0 Å². The Hall–Kier alpha value is -0.160. The van der Waals surface area contributed by atoms with Crippen LogP contribution >= 0.6 is 0 Å². The number of aliphatic hydroxyl groups excluding tert-OH is 2. The molecule has 1 saturated heterocycles. The number of hydrogen-bond donors (Lipinski definition) is 3. The van der Waals surface area contributed by atoms with E-state index < -0.39 is 5.54 Å². The molecule has 0 saturated carbocycles. The number of hydrogen-bond acceptors (Lipinski definition) is 4. The molecule has 0 aromatic carbocycles. The lowest BCUT2D eigenvalue weighted by molar-refractivity contribution is 0.0895. The Balaban J connectivity index is 2.45. The van der Waals surface area contributed by atoms with E-state index in [-0.39, 0.29) is 13.2 Å². The molecule has 4 heteroatoms. The topological polar surface area (TPSA) is 61.7 Å². The molecule has 9 heavy (non-hydrogen) atoms. The van der Waals surface area contributed by atoms with Gasteiger partial charge in [0.25, 0.3) is 0 Å². The van der Waals surface area contributed by atoms with Gasteiger partial charge in [-0.2, -0.15) is 0 Å². The third-order valence-electron chi connectivity index (χ3n) is 1.53. The molecular weight excluding hydrogens is 122 g/mol. The molecule has 54 valence electrons. The van der Waals surface area contributed by atoms with Crippen LogP contribution in [0, 0.1) is 0 Å². The fourth-order valence-corrected chi connectivity index (χ4v) is 0.755. The first kappa shape index (κ1) is 6.95. The summed E-state index contributed by atoms with van der Waals surface area (Å²) in [6.07, 6.45) is 0. The second-order valence-electron chi connectivity index (χ2n) is 2.27. The summed E-state index contributed by atoms with van der Waals surface area (Å²) in [5.74, 6) is 0. The van der Waals surface area contributed by atoms with E-state index in [1.165, 1.54) is 0 Å². The molecule has 1 aliphatic rings. The van der Waals surface area contributed by atoms with Crippen molar-refractivity contribution in [1.82, 2.24) is 5.32 Å². The predicted octanol–water partition coefficient (Wildman–Crippen LogP) is -1.71. The summed E-state index contributed by atoms with van der Waals surface area (Å²) in [6, 6.07) is 0. The zero-order valence-electron chi connectivity index (χ0n) is 5.13. The summed E-state index contributed by atoms with van der Waals surface area (Å²) in [5, 5.41) is 20.3. The largest absolute Gasteiger partial charge is 0.394 e. The van der Waals surface area contributed by atoms with Crippen LogP contribution in [0.2, 0.25) is 0 Å². The minimum atomic E-state index is -0.583. The van der Waals surface area contributed by atoms with Crippen LogP contribution < -0.4 is 5.32 Å². The molecule has 0 aromatic rings. The standard InChI is InChI=1S/C5H11NO3/c7-1-5(2-8)3-9-4-6-5/h6-8H,1-4H2. The third-order valence-corrected chi connectivity index (χ3v) is 1.53. The SMILES string of the molecule is OCC1(CO)COCN1. The number of nitrogens with one attached hydrogen (secondary N) is 1. The summed E-state index contributed by atoms with van der Waals surface area (Å²) in [4.78, 5) is 0. The van der Waals surface area contributed by atoms with E-state index in [4.69, 9.17) is 14.9 Å². The van der Waals surface area contributed by atoms with Crippen LogP contribution in [0.4, 0.5) is 0 Å². The Morgan fingerprint density at radius 2 is 2.11 bits per heavy atom. The van der Waals surface area contributed by atoms with E-state index in [0.29, 0.717) is 13.3 Å². The lowest BCUT2D eigenvalue weighted by Gasteiger charge is -2.21. The highest BCUT2D eigenvalue weighted by molar-refractivity contribution is 4.88. The van der Waals surface area contributed by atoms with Crippen molar-refractivity contribution >= 4 is 0 Å². The van der Waals surface area contributed by atoms with Gasteiger partial charge >= 0.3 is 0 Å². The maximum atomic E-state index is 8.71. The summed E-state index contributed by atoms with van der Waals surface area (Å²) >= 11 is 0. The molecule has 0 aliphatic carbocycles. The van der Waals surface area contributed by atoms with Crippen LogP contribution in [0.1, 0.15) is 0 Å². The van der Waals surface area contributed by atoms with Crippen molar-refractivity contribution in [3.63, 3.8) is 0 Å². The molecule has 0 unspecified atom stereocenters. The maximum Gasteiger partial charge on any atom is 0.0972 e. The van der Waals surface area contributed by atoms with Crippen LogP contribution in [-0.4, -0.2) is 42.3 Å². The van der Waals surface area contributed by atoms with E-state index in [9.17, 15) is 0 Å². The number of aliphatic hydroxyl groups is 2. The lowest BCUT2D eigenvalue weighted by atomic mass is 10.1. The number of rotatable bonds is 2. The second-order valence-corrected chi connectivity index (χ2v) is 2.27. The van der Waals surface area contributed by atoms with E-state index in [2.05, 4.69) is 5.32 Å². The second kappa shape index (κ2) is 2.62. The molecule has 0 radical (unpaired) electrons. The molecule has 0 atom stereocenters. The summed E-state index contributed by atoms with van der Waals surface area (Å²) in [5.41, 5.74) is -0.583.